The number of aliphatic hydroxyl groups excluding tert-OH is 1. The van der Waals surface area contributed by atoms with Crippen LogP contribution < -0.4 is 0 Å². The molecule has 6 heteroatoms. The van der Waals surface area contributed by atoms with E-state index >= 15 is 0 Å². The second kappa shape index (κ2) is 6.73. The number of nitrogens with zero attached hydrogens (tertiary/aromatic N) is 2. The van der Waals surface area contributed by atoms with Crippen LogP contribution in [0.3, 0.4) is 0 Å². The number of hydrogen-bond donors (Lipinski definition) is 1. The van der Waals surface area contributed by atoms with Crippen molar-refractivity contribution in [3.8, 4) is 0 Å². The van der Waals surface area contributed by atoms with Crippen LogP contribution in [0.15, 0.2) is 18.2 Å². The van der Waals surface area contributed by atoms with E-state index in [0.29, 0.717) is 25.2 Å². The summed E-state index contributed by atoms with van der Waals surface area (Å²) in [6, 6.07) is 4.07. The van der Waals surface area contributed by atoms with Gasteiger partial charge in [0.15, 0.2) is 0 Å². The quantitative estimate of drug-likeness (QED) is 0.928. The highest BCUT2D eigenvalue weighted by Gasteiger charge is 2.28. The predicted molar refractivity (Wildman–Crippen MR) is 80.0 cm³/mol. The largest absolute Gasteiger partial charge is 0.392 e. The summed E-state index contributed by atoms with van der Waals surface area (Å²) in [5.74, 6) is -0.663. The van der Waals surface area contributed by atoms with Crippen molar-refractivity contribution in [3.63, 3.8) is 0 Å². The molecule has 4 nitrogen and oxygen atoms in total. The lowest BCUT2D eigenvalue weighted by Gasteiger charge is -2.40. The molecular formula is C15H20ClFN2O2. The zero-order valence-corrected chi connectivity index (χ0v) is 13.0. The summed E-state index contributed by atoms with van der Waals surface area (Å²) < 4.78 is 13.2. The lowest BCUT2D eigenvalue weighted by molar-refractivity contribution is 0.0383. The molecule has 1 aliphatic rings. The lowest BCUT2D eigenvalue weighted by atomic mass is 10.1. The van der Waals surface area contributed by atoms with Crippen molar-refractivity contribution in [1.29, 1.82) is 0 Å². The van der Waals surface area contributed by atoms with Gasteiger partial charge in [-0.25, -0.2) is 4.39 Å². The molecule has 0 aromatic heterocycles. The topological polar surface area (TPSA) is 43.8 Å². The van der Waals surface area contributed by atoms with E-state index in [4.69, 9.17) is 11.6 Å². The zero-order valence-electron chi connectivity index (χ0n) is 12.2. The highest BCUT2D eigenvalue weighted by Crippen LogP contribution is 2.19. The van der Waals surface area contributed by atoms with E-state index in [1.165, 1.54) is 18.2 Å². The first-order valence-corrected chi connectivity index (χ1v) is 7.42. The van der Waals surface area contributed by atoms with Crippen molar-refractivity contribution >= 4 is 17.5 Å². The predicted octanol–water partition coefficient (Wildman–Crippen LogP) is 2.01. The minimum absolute atomic E-state index is 0.0360. The summed E-state index contributed by atoms with van der Waals surface area (Å²) in [5.41, 5.74) is 0.400. The number of β-amino-alcohol motifs (C(OH)–C–C–N with tert-alkyl or cyclic N) is 1. The number of benzene rings is 1. The van der Waals surface area contributed by atoms with Crippen LogP contribution in [0.25, 0.3) is 0 Å². The van der Waals surface area contributed by atoms with Crippen molar-refractivity contribution in [3.05, 3.63) is 34.6 Å². The maximum absolute atomic E-state index is 13.2. The molecule has 0 spiro atoms. The fraction of sp³-hybridized carbons (Fsp3) is 0.533. The normalized spacial score (nSPS) is 21.4. The number of halogens is 2. The maximum Gasteiger partial charge on any atom is 0.254 e. The highest BCUT2D eigenvalue weighted by atomic mass is 35.5. The molecule has 1 saturated heterocycles. The molecule has 1 N–H and O–H groups in total. The van der Waals surface area contributed by atoms with Gasteiger partial charge in [-0.3, -0.25) is 9.69 Å². The maximum atomic E-state index is 13.2. The molecule has 1 fully saturated rings. The van der Waals surface area contributed by atoms with Gasteiger partial charge in [0.25, 0.3) is 5.91 Å². The molecule has 0 saturated carbocycles. The van der Waals surface area contributed by atoms with Gasteiger partial charge in [0.05, 0.1) is 11.1 Å². The second-order valence-corrected chi connectivity index (χ2v) is 5.99. The number of aliphatic hydroxyl groups is 1. The van der Waals surface area contributed by atoms with Gasteiger partial charge in [0.2, 0.25) is 0 Å². The Hall–Kier alpha value is -1.17. The van der Waals surface area contributed by atoms with Gasteiger partial charge in [0, 0.05) is 37.8 Å². The number of carbonyl (C=O) groups is 1. The molecular weight excluding hydrogens is 295 g/mol. The fourth-order valence-electron chi connectivity index (χ4n) is 2.67. The number of carbonyl (C=O) groups excluding carboxylic acids is 1. The monoisotopic (exact) mass is 314 g/mol. The molecule has 0 bridgehead atoms. The van der Waals surface area contributed by atoms with Crippen LogP contribution in [-0.4, -0.2) is 59.1 Å². The molecule has 2 atom stereocenters. The standard InChI is InChI=1S/C15H20ClFN2O2/c1-10-8-18(9-11(2)20)5-6-19(10)15(21)12-3-4-14(17)13(16)7-12/h3-4,7,10-11,20H,5-6,8-9H2,1-2H3/t10-,11+/m1/s1. The third kappa shape index (κ3) is 3.93. The Morgan fingerprint density at radius 3 is 2.81 bits per heavy atom. The van der Waals surface area contributed by atoms with Gasteiger partial charge in [-0.15, -0.1) is 0 Å². The molecule has 21 heavy (non-hydrogen) atoms. The van der Waals surface area contributed by atoms with E-state index in [2.05, 4.69) is 4.90 Å². The number of hydrogen-bond acceptors (Lipinski definition) is 3. The average Bonchev–Trinajstić information content (AvgIpc) is 2.40. The Morgan fingerprint density at radius 1 is 1.52 bits per heavy atom. The van der Waals surface area contributed by atoms with Crippen LogP contribution in [0.5, 0.6) is 0 Å². The van der Waals surface area contributed by atoms with E-state index in [1.54, 1.807) is 11.8 Å². The molecule has 2 rings (SSSR count). The summed E-state index contributed by atoms with van der Waals surface area (Å²) in [5, 5.41) is 9.39. The summed E-state index contributed by atoms with van der Waals surface area (Å²) in [6.07, 6.45) is -0.379. The Morgan fingerprint density at radius 2 is 2.24 bits per heavy atom. The van der Waals surface area contributed by atoms with Crippen molar-refractivity contribution in [2.75, 3.05) is 26.2 Å². The Labute approximate surface area is 129 Å². The van der Waals surface area contributed by atoms with Crippen LogP contribution >= 0.6 is 11.6 Å². The van der Waals surface area contributed by atoms with Crippen molar-refractivity contribution in [1.82, 2.24) is 9.80 Å². The SMILES string of the molecule is C[C@H](O)CN1CCN(C(=O)c2ccc(F)c(Cl)c2)[C@H](C)C1. The molecule has 0 aliphatic carbocycles. The molecule has 0 radical (unpaired) electrons. The fourth-order valence-corrected chi connectivity index (χ4v) is 2.85. The Kier molecular flexibility index (Phi) is 5.19. The molecule has 116 valence electrons. The van der Waals surface area contributed by atoms with Gasteiger partial charge < -0.3 is 10.0 Å². The Bertz CT molecular complexity index is 524. The molecule has 1 heterocycles. The molecule has 0 unspecified atom stereocenters. The number of rotatable bonds is 3. The van der Waals surface area contributed by atoms with Gasteiger partial charge in [0.1, 0.15) is 5.82 Å². The minimum atomic E-state index is -0.525. The average molecular weight is 315 g/mol. The van der Waals surface area contributed by atoms with Crippen molar-refractivity contribution < 1.29 is 14.3 Å². The first-order chi connectivity index (χ1) is 9.88. The summed E-state index contributed by atoms with van der Waals surface area (Å²) in [7, 11) is 0. The van der Waals surface area contributed by atoms with Gasteiger partial charge in [-0.05, 0) is 32.0 Å². The second-order valence-electron chi connectivity index (χ2n) is 5.59. The van der Waals surface area contributed by atoms with Crippen molar-refractivity contribution in [2.45, 2.75) is 26.0 Å². The summed E-state index contributed by atoms with van der Waals surface area (Å²) in [4.78, 5) is 16.4. The molecule has 1 aromatic carbocycles. The van der Waals surface area contributed by atoms with Crippen LogP contribution in [0, 0.1) is 5.82 Å². The summed E-state index contributed by atoms with van der Waals surface area (Å²) >= 11 is 5.73. The first-order valence-electron chi connectivity index (χ1n) is 7.05. The van der Waals surface area contributed by atoms with E-state index in [0.717, 1.165) is 6.54 Å². The lowest BCUT2D eigenvalue weighted by Crippen LogP contribution is -2.55. The smallest absolute Gasteiger partial charge is 0.254 e. The van der Waals surface area contributed by atoms with Crippen LogP contribution in [0.4, 0.5) is 4.39 Å². The van der Waals surface area contributed by atoms with E-state index in [-0.39, 0.29) is 23.1 Å². The highest BCUT2D eigenvalue weighted by molar-refractivity contribution is 6.31. The van der Waals surface area contributed by atoms with Crippen LogP contribution in [0.1, 0.15) is 24.2 Å². The van der Waals surface area contributed by atoms with E-state index in [1.807, 2.05) is 6.92 Å². The molecule has 1 aromatic rings. The number of amides is 1. The third-order valence-electron chi connectivity index (χ3n) is 3.66. The van der Waals surface area contributed by atoms with Crippen LogP contribution in [0.2, 0.25) is 5.02 Å². The van der Waals surface area contributed by atoms with Crippen molar-refractivity contribution in [2.24, 2.45) is 0 Å². The molecule has 1 amide bonds. The zero-order chi connectivity index (χ0) is 15.6. The van der Waals surface area contributed by atoms with E-state index in [9.17, 15) is 14.3 Å². The third-order valence-corrected chi connectivity index (χ3v) is 3.95. The first kappa shape index (κ1) is 16.2. The number of piperazine rings is 1. The Balaban J connectivity index is 2.05. The summed E-state index contributed by atoms with van der Waals surface area (Å²) in [6.45, 7) is 6.35. The van der Waals surface area contributed by atoms with Crippen LogP contribution in [-0.2, 0) is 0 Å². The minimum Gasteiger partial charge on any atom is -0.392 e. The van der Waals surface area contributed by atoms with E-state index < -0.39 is 5.82 Å². The van der Waals surface area contributed by atoms with Gasteiger partial charge >= 0.3 is 0 Å². The van der Waals surface area contributed by atoms with Gasteiger partial charge in [-0.1, -0.05) is 11.6 Å². The van der Waals surface area contributed by atoms with Gasteiger partial charge in [-0.2, -0.15) is 0 Å². The molecule has 1 aliphatic heterocycles.